The van der Waals surface area contributed by atoms with E-state index in [0.29, 0.717) is 28.3 Å². The molecule has 0 aliphatic rings. The molecule has 0 fully saturated rings. The maximum Gasteiger partial charge on any atom is 0.269 e. The molecule has 0 saturated carbocycles. The summed E-state index contributed by atoms with van der Waals surface area (Å²) in [5, 5.41) is 16.0. The molecule has 3 aromatic carbocycles. The van der Waals surface area contributed by atoms with Gasteiger partial charge in [0, 0.05) is 28.5 Å². The van der Waals surface area contributed by atoms with Crippen LogP contribution in [0.3, 0.4) is 0 Å². The van der Waals surface area contributed by atoms with Gasteiger partial charge in [-0.3, -0.25) is 4.79 Å². The van der Waals surface area contributed by atoms with Crippen LogP contribution in [0.25, 0.3) is 28.1 Å². The van der Waals surface area contributed by atoms with E-state index in [1.54, 1.807) is 23.9 Å². The Morgan fingerprint density at radius 2 is 1.39 bits per heavy atom. The molecule has 0 spiro atoms. The Morgan fingerprint density at radius 3 is 1.80 bits per heavy atom. The first kappa shape index (κ1) is 29.9. The van der Waals surface area contributed by atoms with Crippen LogP contribution < -0.4 is 10.5 Å². The van der Waals surface area contributed by atoms with Gasteiger partial charge in [-0.15, -0.1) is 0 Å². The summed E-state index contributed by atoms with van der Waals surface area (Å²) in [4.78, 5) is 13.1. The first-order chi connectivity index (χ1) is 18.9. The van der Waals surface area contributed by atoms with Gasteiger partial charge >= 0.3 is 0 Å². The number of rotatable bonds is 6. The number of carbonyl (C=O) groups is 1. The molecule has 0 aliphatic carbocycles. The SMILES string of the molecule is COc1ccc(-c2c(-c3cc(C(C)(C)C)c(O)c(C(C)(C)C)c3)c(C(N)=O)nn2-c2ccc(S(C)(=O)=O)cc2)cc1. The van der Waals surface area contributed by atoms with Crippen LogP contribution in [0.4, 0.5) is 0 Å². The van der Waals surface area contributed by atoms with E-state index in [1.165, 1.54) is 12.1 Å². The zero-order valence-corrected chi connectivity index (χ0v) is 25.6. The van der Waals surface area contributed by atoms with Crippen molar-refractivity contribution in [3.05, 3.63) is 77.5 Å². The number of aromatic hydroxyl groups is 1. The van der Waals surface area contributed by atoms with Gasteiger partial charge in [0.2, 0.25) is 0 Å². The standard InChI is InChI=1S/C32H37N3O5S/c1-31(2,3)24-17-20(18-25(29(24)36)32(4,5)6)26-27(30(33)37)34-35(21-11-15-23(16-12-21)41(8,38)39)28(26)19-9-13-22(40-7)14-10-19/h9-18,36H,1-8H3,(H2,33,37). The molecule has 4 rings (SSSR count). The van der Waals surface area contributed by atoms with Crippen LogP contribution in [0.1, 0.15) is 63.2 Å². The lowest BCUT2D eigenvalue weighted by Crippen LogP contribution is -2.18. The summed E-state index contributed by atoms with van der Waals surface area (Å²) in [6.07, 6.45) is 1.15. The molecule has 0 aliphatic heterocycles. The Balaban J connectivity index is 2.15. The summed E-state index contributed by atoms with van der Waals surface area (Å²) in [5.74, 6) is 0.150. The lowest BCUT2D eigenvalue weighted by molar-refractivity contribution is 0.0995. The molecule has 1 amide bonds. The predicted octanol–water partition coefficient (Wildman–Crippen LogP) is 6.02. The number of ether oxygens (including phenoxy) is 1. The predicted molar refractivity (Wildman–Crippen MR) is 162 cm³/mol. The van der Waals surface area contributed by atoms with Crippen LogP contribution in [0.5, 0.6) is 11.5 Å². The minimum Gasteiger partial charge on any atom is -0.507 e. The number of aromatic nitrogens is 2. The number of phenols is 1. The summed E-state index contributed by atoms with van der Waals surface area (Å²) in [7, 11) is -1.83. The Labute approximate surface area is 241 Å². The topological polar surface area (TPSA) is 125 Å². The highest BCUT2D eigenvalue weighted by Gasteiger charge is 2.31. The van der Waals surface area contributed by atoms with E-state index >= 15 is 0 Å². The Bertz CT molecular complexity index is 1690. The molecule has 4 aromatic rings. The van der Waals surface area contributed by atoms with E-state index in [-0.39, 0.29) is 16.3 Å². The smallest absolute Gasteiger partial charge is 0.269 e. The van der Waals surface area contributed by atoms with Gasteiger partial charge in [-0.2, -0.15) is 5.10 Å². The van der Waals surface area contributed by atoms with Gasteiger partial charge in [0.15, 0.2) is 15.5 Å². The monoisotopic (exact) mass is 575 g/mol. The first-order valence-corrected chi connectivity index (χ1v) is 15.1. The highest BCUT2D eigenvalue weighted by Crippen LogP contribution is 2.45. The quantitative estimate of drug-likeness (QED) is 0.290. The van der Waals surface area contributed by atoms with Crippen LogP contribution in [0.2, 0.25) is 0 Å². The van der Waals surface area contributed by atoms with E-state index in [0.717, 1.165) is 22.9 Å². The first-order valence-electron chi connectivity index (χ1n) is 13.2. The molecular formula is C32H37N3O5S. The molecule has 1 heterocycles. The highest BCUT2D eigenvalue weighted by atomic mass is 32.2. The highest BCUT2D eigenvalue weighted by molar-refractivity contribution is 7.90. The molecule has 41 heavy (non-hydrogen) atoms. The number of nitrogens with two attached hydrogens (primary N) is 1. The number of primary amides is 1. The van der Waals surface area contributed by atoms with E-state index in [4.69, 9.17) is 10.5 Å². The number of hydrogen-bond donors (Lipinski definition) is 2. The van der Waals surface area contributed by atoms with Crippen LogP contribution >= 0.6 is 0 Å². The Kier molecular flexibility index (Phi) is 7.56. The van der Waals surface area contributed by atoms with Crippen LogP contribution in [-0.2, 0) is 20.7 Å². The molecule has 0 saturated heterocycles. The number of sulfone groups is 1. The Morgan fingerprint density at radius 1 is 0.878 bits per heavy atom. The summed E-state index contributed by atoms with van der Waals surface area (Å²) in [6, 6.07) is 17.4. The lowest BCUT2D eigenvalue weighted by atomic mass is 9.77. The number of hydrogen-bond acceptors (Lipinski definition) is 6. The summed E-state index contributed by atoms with van der Waals surface area (Å²) in [6.45, 7) is 12.1. The average molecular weight is 576 g/mol. The second-order valence-corrected chi connectivity index (χ2v) is 14.3. The molecule has 216 valence electrons. The van der Waals surface area contributed by atoms with Crippen molar-refractivity contribution in [1.29, 1.82) is 0 Å². The number of phenolic OH excluding ortho intramolecular Hbond substituents is 1. The van der Waals surface area contributed by atoms with Gasteiger partial charge < -0.3 is 15.6 Å². The summed E-state index contributed by atoms with van der Waals surface area (Å²) in [5.41, 5.74) is 9.64. The van der Waals surface area contributed by atoms with Crippen LogP contribution in [-0.4, -0.2) is 42.6 Å². The minimum atomic E-state index is -3.41. The molecular weight excluding hydrogens is 538 g/mol. The van der Waals surface area contributed by atoms with Gasteiger partial charge in [0.05, 0.1) is 23.4 Å². The maximum absolute atomic E-state index is 12.9. The zero-order valence-electron chi connectivity index (χ0n) is 24.7. The van der Waals surface area contributed by atoms with Gasteiger partial charge in [-0.25, -0.2) is 13.1 Å². The largest absolute Gasteiger partial charge is 0.507 e. The summed E-state index contributed by atoms with van der Waals surface area (Å²) < 4.78 is 31.2. The van der Waals surface area contributed by atoms with Gasteiger partial charge in [-0.05, 0) is 77.1 Å². The molecule has 9 heteroatoms. The van der Waals surface area contributed by atoms with Crippen molar-refractivity contribution >= 4 is 15.7 Å². The van der Waals surface area contributed by atoms with Gasteiger partial charge in [0.1, 0.15) is 11.5 Å². The van der Waals surface area contributed by atoms with Crippen molar-refractivity contribution in [2.45, 2.75) is 57.3 Å². The average Bonchev–Trinajstić information content (AvgIpc) is 3.28. The third-order valence-electron chi connectivity index (χ3n) is 7.01. The van der Waals surface area contributed by atoms with Crippen molar-refractivity contribution in [2.75, 3.05) is 13.4 Å². The molecule has 8 nitrogen and oxygen atoms in total. The molecule has 1 aromatic heterocycles. The van der Waals surface area contributed by atoms with E-state index < -0.39 is 26.6 Å². The number of nitrogens with zero attached hydrogens (tertiary/aromatic N) is 2. The minimum absolute atomic E-state index is 0.0495. The van der Waals surface area contributed by atoms with E-state index in [9.17, 15) is 18.3 Å². The zero-order chi connectivity index (χ0) is 30.5. The van der Waals surface area contributed by atoms with E-state index in [1.807, 2.05) is 77.9 Å². The fourth-order valence-electron chi connectivity index (χ4n) is 4.82. The molecule has 3 N–H and O–H groups in total. The van der Waals surface area contributed by atoms with Crippen molar-refractivity contribution in [3.63, 3.8) is 0 Å². The fourth-order valence-corrected chi connectivity index (χ4v) is 5.45. The number of amides is 1. The normalized spacial score (nSPS) is 12.4. The second-order valence-electron chi connectivity index (χ2n) is 12.3. The fraction of sp³-hybridized carbons (Fsp3) is 0.312. The second kappa shape index (κ2) is 10.4. The number of benzene rings is 3. The number of carbonyl (C=O) groups excluding carboxylic acids is 1. The maximum atomic E-state index is 12.9. The van der Waals surface area contributed by atoms with Crippen LogP contribution in [0.15, 0.2) is 65.6 Å². The summed E-state index contributed by atoms with van der Waals surface area (Å²) >= 11 is 0. The lowest BCUT2D eigenvalue weighted by Gasteiger charge is -2.28. The van der Waals surface area contributed by atoms with Crippen LogP contribution in [0, 0.1) is 0 Å². The third-order valence-corrected chi connectivity index (χ3v) is 8.13. The molecule has 0 radical (unpaired) electrons. The Hall–Kier alpha value is -4.11. The van der Waals surface area contributed by atoms with E-state index in [2.05, 4.69) is 5.10 Å². The molecule has 0 atom stereocenters. The molecule has 0 unspecified atom stereocenters. The third kappa shape index (κ3) is 5.86. The number of methoxy groups -OCH3 is 1. The van der Waals surface area contributed by atoms with Crippen molar-refractivity contribution < 1.29 is 23.1 Å². The van der Waals surface area contributed by atoms with Crippen molar-refractivity contribution in [2.24, 2.45) is 5.73 Å². The van der Waals surface area contributed by atoms with Gasteiger partial charge in [0.25, 0.3) is 5.91 Å². The van der Waals surface area contributed by atoms with Crippen molar-refractivity contribution in [3.8, 4) is 39.6 Å². The van der Waals surface area contributed by atoms with Crippen molar-refractivity contribution in [1.82, 2.24) is 9.78 Å². The molecule has 0 bridgehead atoms. The van der Waals surface area contributed by atoms with Gasteiger partial charge in [-0.1, -0.05) is 41.5 Å².